The van der Waals surface area contributed by atoms with Gasteiger partial charge < -0.3 is 0 Å². The molecule has 1 atom stereocenters. The Labute approximate surface area is 224 Å². The second kappa shape index (κ2) is 15.0. The van der Waals surface area contributed by atoms with Gasteiger partial charge in [0, 0.05) is 23.5 Å². The molecule has 3 heteroatoms. The van der Waals surface area contributed by atoms with Crippen molar-refractivity contribution in [3.8, 4) is 0 Å². The molecule has 2 aromatic heterocycles. The van der Waals surface area contributed by atoms with E-state index in [9.17, 15) is 0 Å². The molecule has 3 aromatic rings. The number of hydrogen-bond donors (Lipinski definition) is 0. The summed E-state index contributed by atoms with van der Waals surface area (Å²) < 4.78 is 2.27. The highest BCUT2D eigenvalue weighted by Crippen LogP contribution is 2.38. The topological polar surface area (TPSA) is 17.3 Å². The van der Waals surface area contributed by atoms with Crippen molar-refractivity contribution in [2.45, 2.75) is 135 Å². The van der Waals surface area contributed by atoms with Crippen LogP contribution in [0.3, 0.4) is 0 Å². The average molecular weight is 507 g/mol. The molecule has 0 saturated heterocycles. The van der Waals surface area contributed by atoms with Gasteiger partial charge in [-0.3, -0.25) is 4.40 Å². The Bertz CT molecular complexity index is 977. The van der Waals surface area contributed by atoms with Gasteiger partial charge in [0.25, 0.3) is 0 Å². The van der Waals surface area contributed by atoms with Crippen LogP contribution in [0.25, 0.3) is 4.96 Å². The summed E-state index contributed by atoms with van der Waals surface area (Å²) >= 11 is 1.76. The van der Waals surface area contributed by atoms with Crippen molar-refractivity contribution in [2.75, 3.05) is 0 Å². The molecule has 1 saturated carbocycles. The molecule has 0 aliphatic heterocycles. The molecule has 36 heavy (non-hydrogen) atoms. The van der Waals surface area contributed by atoms with Crippen molar-refractivity contribution < 1.29 is 0 Å². The molecule has 4 rings (SSSR count). The van der Waals surface area contributed by atoms with Gasteiger partial charge in [0.2, 0.25) is 0 Å². The average Bonchev–Trinajstić information content (AvgIpc) is 3.53. The molecule has 0 amide bonds. The minimum absolute atomic E-state index is 0.622. The number of aromatic nitrogens is 2. The number of imidazole rings is 1. The van der Waals surface area contributed by atoms with Crippen molar-refractivity contribution >= 4 is 16.3 Å². The van der Waals surface area contributed by atoms with E-state index in [-0.39, 0.29) is 0 Å². The van der Waals surface area contributed by atoms with Crippen LogP contribution in [-0.4, -0.2) is 9.38 Å². The molecule has 0 spiro atoms. The maximum atomic E-state index is 4.41. The molecule has 198 valence electrons. The summed E-state index contributed by atoms with van der Waals surface area (Å²) in [4.78, 5) is 5.53. The summed E-state index contributed by atoms with van der Waals surface area (Å²) in [6.07, 6.45) is 27.7. The van der Waals surface area contributed by atoms with E-state index in [2.05, 4.69) is 59.1 Å². The fraction of sp³-hybridized carbons (Fsp3) is 0.667. The molecule has 1 aliphatic rings. The Balaban J connectivity index is 1.05. The van der Waals surface area contributed by atoms with Gasteiger partial charge >= 0.3 is 0 Å². The summed E-state index contributed by atoms with van der Waals surface area (Å²) in [5.74, 6) is 2.45. The first-order valence-electron chi connectivity index (χ1n) is 15.2. The molecule has 1 unspecified atom stereocenters. The summed E-state index contributed by atoms with van der Waals surface area (Å²) in [6.45, 7) is 4.68. The molecule has 1 aromatic carbocycles. The number of rotatable bonds is 16. The Morgan fingerprint density at radius 2 is 1.61 bits per heavy atom. The highest BCUT2D eigenvalue weighted by Gasteiger charge is 2.22. The molecule has 1 aliphatic carbocycles. The minimum Gasteiger partial charge on any atom is -0.294 e. The molecular weight excluding hydrogens is 456 g/mol. The number of benzene rings is 1. The normalized spacial score (nSPS) is 19.2. The number of aryl methyl sites for hydroxylation is 1. The SMILES string of the molecule is CCCCCCC[C@H]1CC[C@H](c2ccc(CCCCCCCC(C)c3csc4nccn34)cc2)CC1. The van der Waals surface area contributed by atoms with Crippen LogP contribution in [0.2, 0.25) is 0 Å². The highest BCUT2D eigenvalue weighted by molar-refractivity contribution is 7.15. The van der Waals surface area contributed by atoms with Crippen LogP contribution < -0.4 is 0 Å². The summed E-state index contributed by atoms with van der Waals surface area (Å²) in [5.41, 5.74) is 4.57. The summed E-state index contributed by atoms with van der Waals surface area (Å²) in [5, 5.41) is 2.29. The van der Waals surface area contributed by atoms with E-state index in [4.69, 9.17) is 0 Å². The van der Waals surface area contributed by atoms with Gasteiger partial charge in [-0.1, -0.05) is 102 Å². The lowest BCUT2D eigenvalue weighted by Gasteiger charge is -2.29. The lowest BCUT2D eigenvalue weighted by molar-refractivity contribution is 0.302. The third-order valence-electron chi connectivity index (χ3n) is 8.79. The largest absolute Gasteiger partial charge is 0.294 e. The van der Waals surface area contributed by atoms with E-state index >= 15 is 0 Å². The number of unbranched alkanes of at least 4 members (excludes halogenated alkanes) is 8. The molecule has 2 nitrogen and oxygen atoms in total. The monoisotopic (exact) mass is 506 g/mol. The second-order valence-electron chi connectivity index (χ2n) is 11.6. The zero-order chi connectivity index (χ0) is 25.0. The number of nitrogens with zero attached hydrogens (tertiary/aromatic N) is 2. The smallest absolute Gasteiger partial charge is 0.193 e. The lowest BCUT2D eigenvalue weighted by Crippen LogP contribution is -2.13. The first kappa shape index (κ1) is 27.4. The zero-order valence-corrected chi connectivity index (χ0v) is 23.9. The highest BCUT2D eigenvalue weighted by atomic mass is 32.1. The Morgan fingerprint density at radius 1 is 0.889 bits per heavy atom. The Hall–Kier alpha value is -1.61. The molecule has 0 bridgehead atoms. The first-order chi connectivity index (χ1) is 17.7. The third kappa shape index (κ3) is 8.20. The van der Waals surface area contributed by atoms with E-state index in [1.807, 2.05) is 6.20 Å². The van der Waals surface area contributed by atoms with Crippen LogP contribution in [0.15, 0.2) is 42.0 Å². The first-order valence-corrected chi connectivity index (χ1v) is 16.1. The molecule has 1 fully saturated rings. The van der Waals surface area contributed by atoms with Gasteiger partial charge in [0.1, 0.15) is 0 Å². The summed E-state index contributed by atoms with van der Waals surface area (Å²) in [6, 6.07) is 9.76. The number of fused-ring (bicyclic) bond motifs is 1. The van der Waals surface area contributed by atoms with Crippen molar-refractivity contribution in [1.82, 2.24) is 9.38 Å². The van der Waals surface area contributed by atoms with E-state index in [1.165, 1.54) is 120 Å². The second-order valence-corrected chi connectivity index (χ2v) is 12.4. The minimum atomic E-state index is 0.622. The van der Waals surface area contributed by atoms with Gasteiger partial charge in [-0.15, -0.1) is 11.3 Å². The number of hydrogen-bond acceptors (Lipinski definition) is 2. The fourth-order valence-electron chi connectivity index (χ4n) is 6.33. The third-order valence-corrected chi connectivity index (χ3v) is 9.66. The van der Waals surface area contributed by atoms with E-state index < -0.39 is 0 Å². The van der Waals surface area contributed by atoms with Gasteiger partial charge in [0.05, 0.1) is 0 Å². The van der Waals surface area contributed by atoms with Crippen molar-refractivity contribution in [3.05, 3.63) is 58.9 Å². The van der Waals surface area contributed by atoms with Crippen LogP contribution in [0.1, 0.15) is 145 Å². The summed E-state index contributed by atoms with van der Waals surface area (Å²) in [7, 11) is 0. The van der Waals surface area contributed by atoms with Crippen LogP contribution in [0.5, 0.6) is 0 Å². The maximum absolute atomic E-state index is 4.41. The lowest BCUT2D eigenvalue weighted by atomic mass is 9.77. The maximum Gasteiger partial charge on any atom is 0.193 e. The quantitative estimate of drug-likeness (QED) is 0.177. The molecule has 2 heterocycles. The van der Waals surface area contributed by atoms with Gasteiger partial charge in [-0.25, -0.2) is 4.98 Å². The zero-order valence-electron chi connectivity index (χ0n) is 23.1. The van der Waals surface area contributed by atoms with Crippen LogP contribution in [0, 0.1) is 5.92 Å². The van der Waals surface area contributed by atoms with Gasteiger partial charge in [-0.2, -0.15) is 0 Å². The van der Waals surface area contributed by atoms with Crippen LogP contribution >= 0.6 is 11.3 Å². The van der Waals surface area contributed by atoms with Gasteiger partial charge in [-0.05, 0) is 73.8 Å². The molecule has 0 radical (unpaired) electrons. The number of thiazole rings is 1. The van der Waals surface area contributed by atoms with Crippen molar-refractivity contribution in [2.24, 2.45) is 5.92 Å². The predicted molar refractivity (Wildman–Crippen MR) is 157 cm³/mol. The van der Waals surface area contributed by atoms with E-state index in [0.717, 1.165) is 16.8 Å². The van der Waals surface area contributed by atoms with Gasteiger partial charge in [0.15, 0.2) is 4.96 Å². The predicted octanol–water partition coefficient (Wildman–Crippen LogP) is 10.7. The Morgan fingerprint density at radius 3 is 2.42 bits per heavy atom. The van der Waals surface area contributed by atoms with Crippen molar-refractivity contribution in [1.29, 1.82) is 0 Å². The van der Waals surface area contributed by atoms with E-state index in [0.29, 0.717) is 5.92 Å². The van der Waals surface area contributed by atoms with Crippen LogP contribution in [0.4, 0.5) is 0 Å². The fourth-order valence-corrected chi connectivity index (χ4v) is 7.31. The molecular formula is C33H50N2S. The van der Waals surface area contributed by atoms with E-state index in [1.54, 1.807) is 16.9 Å². The van der Waals surface area contributed by atoms with Crippen LogP contribution in [-0.2, 0) is 6.42 Å². The molecule has 0 N–H and O–H groups in total. The van der Waals surface area contributed by atoms with Crippen molar-refractivity contribution in [3.63, 3.8) is 0 Å². The standard InChI is InChI=1S/C33H50N2S/c1-3-4-5-7-11-14-28-16-20-30(21-17-28)31-22-18-29(19-23-31)15-12-9-6-8-10-13-27(2)32-26-36-33-34-24-25-35(32)33/h18-19,22-28,30H,3-17,20-21H2,1-2H3/t27?,28-,30-. The Kier molecular flexibility index (Phi) is 11.4.